The molecule has 1 aromatic heterocycles. The van der Waals surface area contributed by atoms with Gasteiger partial charge in [-0.1, -0.05) is 18.2 Å². The Labute approximate surface area is 114 Å². The highest BCUT2D eigenvalue weighted by Crippen LogP contribution is 2.10. The summed E-state index contributed by atoms with van der Waals surface area (Å²) in [6, 6.07) is 9.89. The first-order valence-electron chi connectivity index (χ1n) is 6.76. The Balaban J connectivity index is 1.81. The van der Waals surface area contributed by atoms with E-state index < -0.39 is 0 Å². The maximum absolute atomic E-state index is 5.68. The minimum absolute atomic E-state index is 0.543. The molecule has 0 spiro atoms. The summed E-state index contributed by atoms with van der Waals surface area (Å²) in [6.07, 6.45) is 3.74. The van der Waals surface area contributed by atoms with Crippen molar-refractivity contribution < 1.29 is 4.74 Å². The quantitative estimate of drug-likeness (QED) is 0.777. The van der Waals surface area contributed by atoms with E-state index in [0.29, 0.717) is 13.2 Å². The predicted octanol–water partition coefficient (Wildman–Crippen LogP) is 2.37. The molecule has 0 aliphatic rings. The molecule has 0 saturated heterocycles. The van der Waals surface area contributed by atoms with Crippen LogP contribution < -0.4 is 10.5 Å². The Hall–Kier alpha value is -1.81. The number of rotatable bonds is 7. The number of imidazole rings is 1. The summed E-state index contributed by atoms with van der Waals surface area (Å²) in [5.74, 6) is 2.02. The van der Waals surface area contributed by atoms with Crippen molar-refractivity contribution in [3.63, 3.8) is 0 Å². The highest BCUT2D eigenvalue weighted by atomic mass is 16.5. The third-order valence-electron chi connectivity index (χ3n) is 3.10. The maximum atomic E-state index is 5.68. The fraction of sp³-hybridized carbons (Fsp3) is 0.400. The molecule has 2 rings (SSSR count). The van der Waals surface area contributed by atoms with E-state index in [2.05, 4.69) is 16.5 Å². The molecule has 0 atom stereocenters. The van der Waals surface area contributed by atoms with Crippen LogP contribution in [0.1, 0.15) is 24.9 Å². The molecular weight excluding hydrogens is 238 g/mol. The van der Waals surface area contributed by atoms with Crippen LogP contribution in [0.4, 0.5) is 0 Å². The van der Waals surface area contributed by atoms with Crippen molar-refractivity contribution in [2.45, 2.75) is 32.9 Å². The van der Waals surface area contributed by atoms with Gasteiger partial charge in [0, 0.05) is 25.7 Å². The van der Waals surface area contributed by atoms with E-state index >= 15 is 0 Å². The first-order chi connectivity index (χ1) is 9.35. The van der Waals surface area contributed by atoms with Gasteiger partial charge in [0.25, 0.3) is 0 Å². The molecule has 2 N–H and O–H groups in total. The number of aromatic nitrogens is 2. The first kappa shape index (κ1) is 13.6. The van der Waals surface area contributed by atoms with Gasteiger partial charge in [0.1, 0.15) is 11.6 Å². The van der Waals surface area contributed by atoms with Crippen molar-refractivity contribution in [3.05, 3.63) is 48.0 Å². The molecule has 0 fully saturated rings. The normalized spacial score (nSPS) is 10.6. The van der Waals surface area contributed by atoms with Crippen LogP contribution in [0.15, 0.2) is 36.5 Å². The van der Waals surface area contributed by atoms with E-state index in [1.54, 1.807) is 0 Å². The van der Waals surface area contributed by atoms with Crippen molar-refractivity contribution in [2.24, 2.45) is 5.73 Å². The zero-order valence-electron chi connectivity index (χ0n) is 11.4. The molecule has 0 bridgehead atoms. The number of ether oxygens (including phenoxy) is 1. The third-order valence-corrected chi connectivity index (χ3v) is 3.10. The van der Waals surface area contributed by atoms with Crippen molar-refractivity contribution in [1.29, 1.82) is 0 Å². The van der Waals surface area contributed by atoms with Gasteiger partial charge >= 0.3 is 0 Å². The Morgan fingerprint density at radius 3 is 2.74 bits per heavy atom. The highest BCUT2D eigenvalue weighted by molar-refractivity contribution is 5.20. The fourth-order valence-corrected chi connectivity index (χ4v) is 2.14. The van der Waals surface area contributed by atoms with E-state index in [-0.39, 0.29) is 0 Å². The van der Waals surface area contributed by atoms with Crippen LogP contribution in [0.5, 0.6) is 5.75 Å². The molecule has 0 radical (unpaired) electrons. The molecule has 0 saturated carbocycles. The van der Waals surface area contributed by atoms with E-state index in [9.17, 15) is 0 Å². The first-order valence-corrected chi connectivity index (χ1v) is 6.76. The second kappa shape index (κ2) is 6.95. The lowest BCUT2D eigenvalue weighted by Crippen LogP contribution is -2.10. The van der Waals surface area contributed by atoms with Gasteiger partial charge in [-0.2, -0.15) is 0 Å². The number of hydrogen-bond donors (Lipinski definition) is 1. The number of nitrogens with two attached hydrogens (primary N) is 1. The second-order valence-electron chi connectivity index (χ2n) is 4.38. The van der Waals surface area contributed by atoms with Crippen LogP contribution >= 0.6 is 0 Å². The molecule has 1 heterocycles. The van der Waals surface area contributed by atoms with Crippen LogP contribution in [0.2, 0.25) is 0 Å². The summed E-state index contributed by atoms with van der Waals surface area (Å²) < 4.78 is 7.86. The van der Waals surface area contributed by atoms with Gasteiger partial charge in [0.2, 0.25) is 0 Å². The smallest absolute Gasteiger partial charge is 0.119 e. The van der Waals surface area contributed by atoms with Gasteiger partial charge in [-0.05, 0) is 25.5 Å². The van der Waals surface area contributed by atoms with Gasteiger partial charge in [-0.15, -0.1) is 0 Å². The molecule has 0 amide bonds. The maximum Gasteiger partial charge on any atom is 0.119 e. The fourth-order valence-electron chi connectivity index (χ4n) is 2.14. The standard InChI is InChI=1S/C15H21N3O/c1-2-18-13(11-16)12-17-15(18)9-6-10-19-14-7-4-3-5-8-14/h3-5,7-8,12H,2,6,9-11,16H2,1H3. The minimum atomic E-state index is 0.543. The lowest BCUT2D eigenvalue weighted by Gasteiger charge is -2.09. The van der Waals surface area contributed by atoms with E-state index in [1.807, 2.05) is 36.5 Å². The average Bonchev–Trinajstić information content (AvgIpc) is 2.86. The largest absolute Gasteiger partial charge is 0.494 e. The summed E-state index contributed by atoms with van der Waals surface area (Å²) in [7, 11) is 0. The van der Waals surface area contributed by atoms with Gasteiger partial charge in [0.15, 0.2) is 0 Å². The third kappa shape index (κ3) is 3.58. The van der Waals surface area contributed by atoms with E-state index in [4.69, 9.17) is 10.5 Å². The highest BCUT2D eigenvalue weighted by Gasteiger charge is 2.06. The molecule has 4 heteroatoms. The molecule has 102 valence electrons. The van der Waals surface area contributed by atoms with E-state index in [0.717, 1.165) is 36.7 Å². The van der Waals surface area contributed by atoms with Gasteiger partial charge in [-0.25, -0.2) is 4.98 Å². The summed E-state index contributed by atoms with van der Waals surface area (Å²) in [5.41, 5.74) is 6.78. The van der Waals surface area contributed by atoms with Crippen molar-refractivity contribution in [2.75, 3.05) is 6.61 Å². The molecule has 4 nitrogen and oxygen atoms in total. The second-order valence-corrected chi connectivity index (χ2v) is 4.38. The molecule has 2 aromatic rings. The van der Waals surface area contributed by atoms with Gasteiger partial charge < -0.3 is 15.0 Å². The average molecular weight is 259 g/mol. The summed E-state index contributed by atoms with van der Waals surface area (Å²) in [5, 5.41) is 0. The zero-order chi connectivity index (χ0) is 13.5. The zero-order valence-corrected chi connectivity index (χ0v) is 11.4. The van der Waals surface area contributed by atoms with Crippen LogP contribution in [-0.2, 0) is 19.5 Å². The monoisotopic (exact) mass is 259 g/mol. The molecule has 0 unspecified atom stereocenters. The number of benzene rings is 1. The van der Waals surface area contributed by atoms with Gasteiger partial charge in [0.05, 0.1) is 12.3 Å². The number of aryl methyl sites for hydroxylation is 1. The predicted molar refractivity (Wildman–Crippen MR) is 76.1 cm³/mol. The van der Waals surface area contributed by atoms with Crippen LogP contribution in [-0.4, -0.2) is 16.2 Å². The SMILES string of the molecule is CCn1c(CN)cnc1CCCOc1ccccc1. The molecule has 19 heavy (non-hydrogen) atoms. The topological polar surface area (TPSA) is 53.1 Å². The lowest BCUT2D eigenvalue weighted by molar-refractivity contribution is 0.309. The Kier molecular flexibility index (Phi) is 4.98. The van der Waals surface area contributed by atoms with Crippen LogP contribution in [0.3, 0.4) is 0 Å². The molecular formula is C15H21N3O. The number of hydrogen-bond acceptors (Lipinski definition) is 3. The molecule has 1 aromatic carbocycles. The number of nitrogens with zero attached hydrogens (tertiary/aromatic N) is 2. The van der Waals surface area contributed by atoms with Crippen molar-refractivity contribution in [1.82, 2.24) is 9.55 Å². The van der Waals surface area contributed by atoms with Crippen molar-refractivity contribution >= 4 is 0 Å². The van der Waals surface area contributed by atoms with Crippen molar-refractivity contribution in [3.8, 4) is 5.75 Å². The Morgan fingerprint density at radius 2 is 2.05 bits per heavy atom. The minimum Gasteiger partial charge on any atom is -0.494 e. The van der Waals surface area contributed by atoms with Crippen LogP contribution in [0, 0.1) is 0 Å². The van der Waals surface area contributed by atoms with Gasteiger partial charge in [-0.3, -0.25) is 0 Å². The Morgan fingerprint density at radius 1 is 1.26 bits per heavy atom. The molecule has 0 aliphatic heterocycles. The number of para-hydroxylation sites is 1. The Bertz CT molecular complexity index is 493. The summed E-state index contributed by atoms with van der Waals surface area (Å²) in [4.78, 5) is 4.43. The van der Waals surface area contributed by atoms with E-state index in [1.165, 1.54) is 0 Å². The molecule has 0 aliphatic carbocycles. The van der Waals surface area contributed by atoms with Crippen LogP contribution in [0.25, 0.3) is 0 Å². The summed E-state index contributed by atoms with van der Waals surface area (Å²) in [6.45, 7) is 4.28. The lowest BCUT2D eigenvalue weighted by atomic mass is 10.3. The summed E-state index contributed by atoms with van der Waals surface area (Å²) >= 11 is 0.